The molecule has 6 heteroatoms. The van der Waals surface area contributed by atoms with Gasteiger partial charge in [0.15, 0.2) is 0 Å². The van der Waals surface area contributed by atoms with E-state index in [1.165, 1.54) is 12.4 Å². The van der Waals surface area contributed by atoms with E-state index in [4.69, 9.17) is 5.73 Å². The molecule has 1 heterocycles. The highest BCUT2D eigenvalue weighted by Gasteiger charge is 2.37. The molecule has 3 nitrogen and oxygen atoms in total. The van der Waals surface area contributed by atoms with Gasteiger partial charge in [-0.1, -0.05) is 0 Å². The second kappa shape index (κ2) is 3.69. The van der Waals surface area contributed by atoms with Crippen molar-refractivity contribution in [3.63, 3.8) is 0 Å². The van der Waals surface area contributed by atoms with Gasteiger partial charge in [-0.05, 0) is 31.2 Å². The maximum absolute atomic E-state index is 12.2. The Kier molecular flexibility index (Phi) is 2.61. The molecule has 16 heavy (non-hydrogen) atoms. The molecule has 0 atom stereocenters. The number of aromatic nitrogens is 2. The predicted octanol–water partition coefficient (Wildman–Crippen LogP) is 1.92. The average molecular weight is 231 g/mol. The summed E-state index contributed by atoms with van der Waals surface area (Å²) in [6.45, 7) is 0. The van der Waals surface area contributed by atoms with E-state index in [1.807, 2.05) is 0 Å². The molecule has 1 aromatic heterocycles. The van der Waals surface area contributed by atoms with Crippen LogP contribution in [0, 0.1) is 0 Å². The van der Waals surface area contributed by atoms with Gasteiger partial charge in [-0.15, -0.1) is 0 Å². The van der Waals surface area contributed by atoms with Crippen LogP contribution in [0.15, 0.2) is 12.4 Å². The lowest BCUT2D eigenvalue weighted by Crippen LogP contribution is -2.22. The van der Waals surface area contributed by atoms with Crippen molar-refractivity contribution in [1.29, 1.82) is 0 Å². The van der Waals surface area contributed by atoms with E-state index in [2.05, 4.69) is 9.97 Å². The third kappa shape index (κ3) is 2.69. The molecule has 1 saturated carbocycles. The van der Waals surface area contributed by atoms with Crippen LogP contribution >= 0.6 is 0 Å². The van der Waals surface area contributed by atoms with Gasteiger partial charge in [-0.2, -0.15) is 13.2 Å². The monoisotopic (exact) mass is 231 g/mol. The SMILES string of the molecule is NC1(CCc2cnc(C(F)(F)F)nc2)CC1. The van der Waals surface area contributed by atoms with Crippen molar-refractivity contribution in [2.45, 2.75) is 37.4 Å². The second-order valence-electron chi connectivity index (χ2n) is 4.28. The topological polar surface area (TPSA) is 51.8 Å². The Bertz CT molecular complexity index is 368. The fourth-order valence-electron chi connectivity index (χ4n) is 1.43. The maximum Gasteiger partial charge on any atom is 0.451 e. The van der Waals surface area contributed by atoms with E-state index in [0.717, 1.165) is 19.3 Å². The van der Waals surface area contributed by atoms with Gasteiger partial charge >= 0.3 is 6.18 Å². The number of nitrogens with two attached hydrogens (primary N) is 1. The van der Waals surface area contributed by atoms with Crippen molar-refractivity contribution in [2.24, 2.45) is 5.73 Å². The van der Waals surface area contributed by atoms with Crippen molar-refractivity contribution in [3.05, 3.63) is 23.8 Å². The third-order valence-corrected chi connectivity index (χ3v) is 2.76. The molecule has 1 aliphatic rings. The second-order valence-corrected chi connectivity index (χ2v) is 4.28. The maximum atomic E-state index is 12.2. The molecule has 0 aromatic carbocycles. The van der Waals surface area contributed by atoms with Gasteiger partial charge in [0.1, 0.15) is 0 Å². The Hall–Kier alpha value is -1.17. The van der Waals surface area contributed by atoms with Gasteiger partial charge in [0.2, 0.25) is 5.82 Å². The first kappa shape index (κ1) is 11.3. The molecule has 0 bridgehead atoms. The molecular formula is C10H12F3N3. The Morgan fingerprint density at radius 3 is 2.25 bits per heavy atom. The molecule has 0 amide bonds. The molecular weight excluding hydrogens is 219 g/mol. The molecule has 1 fully saturated rings. The molecule has 0 unspecified atom stereocenters. The fraction of sp³-hybridized carbons (Fsp3) is 0.600. The van der Waals surface area contributed by atoms with E-state index < -0.39 is 12.0 Å². The quantitative estimate of drug-likeness (QED) is 0.864. The van der Waals surface area contributed by atoms with Crippen molar-refractivity contribution < 1.29 is 13.2 Å². The smallest absolute Gasteiger partial charge is 0.325 e. The molecule has 2 rings (SSSR count). The minimum Gasteiger partial charge on any atom is -0.325 e. The minimum absolute atomic E-state index is 0.0945. The van der Waals surface area contributed by atoms with Crippen molar-refractivity contribution in [3.8, 4) is 0 Å². The van der Waals surface area contributed by atoms with Crippen LogP contribution in [0.2, 0.25) is 0 Å². The van der Waals surface area contributed by atoms with E-state index >= 15 is 0 Å². The lowest BCUT2D eigenvalue weighted by Gasteiger charge is -2.08. The Balaban J connectivity index is 1.96. The van der Waals surface area contributed by atoms with E-state index in [0.29, 0.717) is 12.0 Å². The first-order valence-electron chi connectivity index (χ1n) is 5.06. The summed E-state index contributed by atoms with van der Waals surface area (Å²) < 4.78 is 36.5. The summed E-state index contributed by atoms with van der Waals surface area (Å²) >= 11 is 0. The minimum atomic E-state index is -4.47. The van der Waals surface area contributed by atoms with Crippen molar-refractivity contribution in [2.75, 3.05) is 0 Å². The third-order valence-electron chi connectivity index (χ3n) is 2.76. The van der Waals surface area contributed by atoms with E-state index in [-0.39, 0.29) is 5.54 Å². The van der Waals surface area contributed by atoms with Crippen molar-refractivity contribution in [1.82, 2.24) is 9.97 Å². The lowest BCUT2D eigenvalue weighted by molar-refractivity contribution is -0.145. The Morgan fingerprint density at radius 2 is 1.81 bits per heavy atom. The highest BCUT2D eigenvalue weighted by molar-refractivity contribution is 5.10. The molecule has 88 valence electrons. The highest BCUT2D eigenvalue weighted by atomic mass is 19.4. The van der Waals surface area contributed by atoms with E-state index in [9.17, 15) is 13.2 Å². The van der Waals surface area contributed by atoms with Gasteiger partial charge in [0.05, 0.1) is 0 Å². The van der Waals surface area contributed by atoms with Crippen LogP contribution in [-0.4, -0.2) is 15.5 Å². The molecule has 0 spiro atoms. The van der Waals surface area contributed by atoms with Gasteiger partial charge in [-0.25, -0.2) is 9.97 Å². The Morgan fingerprint density at radius 1 is 1.25 bits per heavy atom. The van der Waals surface area contributed by atoms with Gasteiger partial charge in [-0.3, -0.25) is 0 Å². The number of nitrogens with zero attached hydrogens (tertiary/aromatic N) is 2. The molecule has 0 radical (unpaired) electrons. The van der Waals surface area contributed by atoms with Gasteiger partial charge in [0.25, 0.3) is 0 Å². The van der Waals surface area contributed by atoms with Crippen LogP contribution < -0.4 is 5.73 Å². The summed E-state index contributed by atoms with van der Waals surface area (Å²) in [5.74, 6) is -1.09. The number of aryl methyl sites for hydroxylation is 1. The van der Waals surface area contributed by atoms with Crippen LogP contribution in [0.25, 0.3) is 0 Å². The summed E-state index contributed by atoms with van der Waals surface area (Å²) in [7, 11) is 0. The standard InChI is InChI=1S/C10H12F3N3/c11-10(12,13)8-15-5-7(6-16-8)1-2-9(14)3-4-9/h5-6H,1-4,14H2. The molecule has 1 aromatic rings. The number of hydrogen-bond donors (Lipinski definition) is 1. The van der Waals surface area contributed by atoms with Gasteiger partial charge in [0, 0.05) is 17.9 Å². The first-order chi connectivity index (χ1) is 7.39. The van der Waals surface area contributed by atoms with Gasteiger partial charge < -0.3 is 5.73 Å². The number of rotatable bonds is 3. The average Bonchev–Trinajstić information content (AvgIpc) is 2.94. The number of hydrogen-bond acceptors (Lipinski definition) is 3. The van der Waals surface area contributed by atoms with Crippen LogP contribution in [-0.2, 0) is 12.6 Å². The zero-order valence-electron chi connectivity index (χ0n) is 8.59. The zero-order chi connectivity index (χ0) is 11.8. The van der Waals surface area contributed by atoms with Crippen LogP contribution in [0.4, 0.5) is 13.2 Å². The van der Waals surface area contributed by atoms with Crippen LogP contribution in [0.5, 0.6) is 0 Å². The predicted molar refractivity (Wildman–Crippen MR) is 51.5 cm³/mol. The fourth-order valence-corrected chi connectivity index (χ4v) is 1.43. The lowest BCUT2D eigenvalue weighted by atomic mass is 10.1. The largest absolute Gasteiger partial charge is 0.451 e. The zero-order valence-corrected chi connectivity index (χ0v) is 8.59. The van der Waals surface area contributed by atoms with E-state index in [1.54, 1.807) is 0 Å². The first-order valence-corrected chi connectivity index (χ1v) is 5.06. The van der Waals surface area contributed by atoms with Crippen molar-refractivity contribution >= 4 is 0 Å². The van der Waals surface area contributed by atoms with Crippen LogP contribution in [0.1, 0.15) is 30.7 Å². The summed E-state index contributed by atoms with van der Waals surface area (Å²) in [5, 5.41) is 0. The normalized spacial score (nSPS) is 18.5. The molecule has 2 N–H and O–H groups in total. The van der Waals surface area contributed by atoms with Crippen LogP contribution in [0.3, 0.4) is 0 Å². The number of halogens is 3. The summed E-state index contributed by atoms with van der Waals surface area (Å²) in [5.41, 5.74) is 6.48. The molecule has 1 aliphatic carbocycles. The summed E-state index contributed by atoms with van der Waals surface area (Å²) in [4.78, 5) is 6.59. The number of alkyl halides is 3. The summed E-state index contributed by atoms with van der Waals surface area (Å²) in [6, 6.07) is 0. The Labute approximate surface area is 90.9 Å². The highest BCUT2D eigenvalue weighted by Crippen LogP contribution is 2.36. The molecule has 0 saturated heterocycles. The molecule has 0 aliphatic heterocycles. The summed E-state index contributed by atoms with van der Waals surface area (Å²) in [6.07, 6.45) is 1.38.